The normalized spacial score (nSPS) is 16.6. The van der Waals surface area contributed by atoms with Crippen LogP contribution in [0.4, 0.5) is 0 Å². The predicted octanol–water partition coefficient (Wildman–Crippen LogP) is 13.6. The third kappa shape index (κ3) is 22.6. The molecule has 2 N–H and O–H groups in total. The fourth-order valence-electron chi connectivity index (χ4n) is 16.8. The van der Waals surface area contributed by atoms with Crippen molar-refractivity contribution >= 4 is 186 Å². The van der Waals surface area contributed by atoms with Crippen LogP contribution in [0.5, 0.6) is 0 Å². The van der Waals surface area contributed by atoms with Crippen molar-refractivity contribution in [3.05, 3.63) is 423 Å². The van der Waals surface area contributed by atoms with Crippen LogP contribution in [-0.4, -0.2) is 106 Å². The molecule has 2 amide bonds. The molecule has 0 aliphatic carbocycles. The zero-order valence-electron chi connectivity index (χ0n) is 73.3. The van der Waals surface area contributed by atoms with E-state index in [4.69, 9.17) is 4.74 Å². The Labute approximate surface area is 823 Å². The summed E-state index contributed by atoms with van der Waals surface area (Å²) in [6, 6.07) is 129. The van der Waals surface area contributed by atoms with E-state index in [-0.39, 0.29) is 104 Å². The number of carboxylic acids is 1. The number of imidazole rings is 2. The SMILES string of the molecule is C=CCOC(=O)C1=C(c2cn3cnc(SC)c3s2)[C@H](C)[C@@H]2[C@@H]([C@@H](C)O)C(=O)N12.CSc1ncn2cc(C3=C(C(=O)[O-])N4C(=O)[C@H]([C@@H](C)O)[C@H]4[C@H]3C)sc12.[Na+].[Pd].c1ccc(P(c2ccccc2)c2ccccc2)cc1.c1ccc(P(c2ccccc2)c2ccccc2)cc1.c1ccc(P(c2ccccc2)c2ccccc2)cc1.c1ccc(P(c2ccccc2)c2ccccc2)cc1. The van der Waals surface area contributed by atoms with Crippen LogP contribution in [0.1, 0.15) is 37.4 Å². The number of aliphatic carboxylic acids is 1. The van der Waals surface area contributed by atoms with Crippen LogP contribution in [0.25, 0.3) is 20.8 Å². The Bertz CT molecular complexity index is 5620. The Morgan fingerprint density at radius 2 is 0.626 bits per heavy atom. The number of fused-ring (bicyclic) bond motifs is 4. The van der Waals surface area contributed by atoms with E-state index in [1.165, 1.54) is 114 Å². The molecule has 0 saturated carbocycles. The molecule has 24 heteroatoms. The second-order valence-electron chi connectivity index (χ2n) is 30.7. The molecular formula is C107H97N6NaO8P4PdS4. The van der Waals surface area contributed by atoms with Gasteiger partial charge in [-0.05, 0) is 122 Å². The van der Waals surface area contributed by atoms with Crippen LogP contribution < -0.4 is 98.3 Å². The summed E-state index contributed by atoms with van der Waals surface area (Å²) < 4.78 is 9.08. The topological polar surface area (TPSA) is 182 Å². The number of aliphatic hydroxyl groups excluding tert-OH is 2. The fourth-order valence-corrected chi connectivity index (χ4v) is 29.8. The van der Waals surface area contributed by atoms with E-state index in [2.05, 4.69) is 381 Å². The average Bonchev–Trinajstić information content (AvgIpc) is 1.55. The standard InChI is InChI=1S/C19H21N3O4S2.4C18H15P.C16H17N3O4S2.Na.Pd/c1-5-6-26-19(25)15-12(9(2)14-13(10(3)23)17(24)22(14)15)11-7-21-8-20-16(27-4)18(21)28-11;4*1-4-10-16(11-5-1)19(17-12-6-2-7-13-17)18-14-8-3-9-15-18;1-6-9(8-4-18-5-17-13(24-3)15(18)25-8)12(16(22)23)19-11(6)10(7(2)20)14(19)21;;/h5,7-10,13-14,23H,1,6H2,2-4H3;4*1-15H;4-7,10-11,20H,1-3H3,(H,22,23);;/q;;;;;;+1;/p-1/t9-,10+,13+,14+;;;;;6-,7+,10+,11+;;/m0....0../s1. The van der Waals surface area contributed by atoms with Gasteiger partial charge >= 0.3 is 35.5 Å². The van der Waals surface area contributed by atoms with Crippen molar-refractivity contribution in [1.29, 1.82) is 0 Å². The zero-order chi connectivity index (χ0) is 89.9. The Hall–Kier alpha value is -9.92. The molecule has 4 aromatic heterocycles. The van der Waals surface area contributed by atoms with Gasteiger partial charge in [-0.1, -0.05) is 390 Å². The maximum absolute atomic E-state index is 12.8. The number of aliphatic hydroxyl groups is 2. The number of nitrogens with zero attached hydrogens (tertiary/aromatic N) is 6. The van der Waals surface area contributed by atoms with Gasteiger partial charge in [-0.3, -0.25) is 18.4 Å². The Kier molecular flexibility index (Phi) is 35.8. The van der Waals surface area contributed by atoms with E-state index < -0.39 is 67.7 Å². The van der Waals surface area contributed by atoms with Crippen molar-refractivity contribution in [3.63, 3.8) is 0 Å². The monoisotopic (exact) mass is 1970 g/mol. The van der Waals surface area contributed by atoms with Crippen LogP contribution in [0, 0.1) is 23.7 Å². The molecule has 8 atom stereocenters. The summed E-state index contributed by atoms with van der Waals surface area (Å²) >= 11 is 6.07. The number of carbonyl (C=O) groups excluding carboxylic acids is 4. The van der Waals surface area contributed by atoms with E-state index in [0.717, 1.165) is 35.0 Å². The van der Waals surface area contributed by atoms with Crippen LogP contribution >= 0.6 is 77.9 Å². The van der Waals surface area contributed by atoms with Crippen LogP contribution in [0.2, 0.25) is 0 Å². The predicted molar refractivity (Wildman–Crippen MR) is 540 cm³/mol. The van der Waals surface area contributed by atoms with Crippen LogP contribution in [-0.2, 0) is 44.3 Å². The Morgan fingerprint density at radius 3 is 0.824 bits per heavy atom. The molecule has 2 saturated heterocycles. The first-order chi connectivity index (χ1) is 63.1. The summed E-state index contributed by atoms with van der Waals surface area (Å²) in [5.74, 6) is -3.86. The number of thioether (sulfide) groups is 2. The second-order valence-corrected chi connectivity index (χ2v) is 43.2. The van der Waals surface area contributed by atoms with E-state index >= 15 is 0 Å². The molecule has 0 spiro atoms. The Balaban J connectivity index is 0.000000134. The minimum absolute atomic E-state index is 0. The minimum atomic E-state index is -1.36. The van der Waals surface area contributed by atoms with Gasteiger partial charge in [0.25, 0.3) is 0 Å². The molecule has 658 valence electrons. The third-order valence-electron chi connectivity index (χ3n) is 22.5. The van der Waals surface area contributed by atoms with Gasteiger partial charge in [0.05, 0.1) is 57.5 Å². The summed E-state index contributed by atoms with van der Waals surface area (Å²) in [4.78, 5) is 64.7. The molecule has 4 aliphatic rings. The molecular weight excluding hydrogens is 1880 g/mol. The van der Waals surface area contributed by atoms with Gasteiger partial charge < -0.3 is 34.7 Å². The quantitative estimate of drug-likeness (QED) is 0.0164. The molecule has 0 unspecified atom stereocenters. The van der Waals surface area contributed by atoms with Gasteiger partial charge in [-0.25, -0.2) is 14.8 Å². The molecule has 8 heterocycles. The summed E-state index contributed by atoms with van der Waals surface area (Å²) in [6.45, 7) is 10.7. The molecule has 20 rings (SSSR count). The molecule has 4 aliphatic heterocycles. The number of aromatic nitrogens is 4. The van der Waals surface area contributed by atoms with Gasteiger partial charge in [0, 0.05) is 55.8 Å². The minimum Gasteiger partial charge on any atom is -0.543 e. The average molecular weight is 1980 g/mol. The molecule has 14 nitrogen and oxygen atoms in total. The van der Waals surface area contributed by atoms with Crippen molar-refractivity contribution in [2.45, 2.75) is 62.0 Å². The number of hydrogen-bond acceptors (Lipinski definition) is 14. The maximum atomic E-state index is 12.8. The van der Waals surface area contributed by atoms with Crippen LogP contribution in [0.3, 0.4) is 0 Å². The first kappa shape index (κ1) is 98.6. The summed E-state index contributed by atoms with van der Waals surface area (Å²) in [6.07, 6.45) is 11.0. The van der Waals surface area contributed by atoms with E-state index in [9.17, 15) is 34.5 Å². The van der Waals surface area contributed by atoms with Crippen molar-refractivity contribution in [1.82, 2.24) is 28.6 Å². The van der Waals surface area contributed by atoms with Crippen molar-refractivity contribution in [2.75, 3.05) is 19.1 Å². The molecule has 131 heavy (non-hydrogen) atoms. The van der Waals surface area contributed by atoms with E-state index in [1.54, 1.807) is 38.3 Å². The number of rotatable bonds is 22. The molecule has 0 radical (unpaired) electrons. The van der Waals surface area contributed by atoms with Gasteiger partial charge in [0.15, 0.2) is 0 Å². The molecule has 2 fully saturated rings. The van der Waals surface area contributed by atoms with Gasteiger partial charge in [-0.2, -0.15) is 0 Å². The summed E-state index contributed by atoms with van der Waals surface area (Å²) in [7, 11) is -1.78. The number of hydrogen-bond donors (Lipinski definition) is 2. The Morgan fingerprint density at radius 1 is 0.412 bits per heavy atom. The van der Waals surface area contributed by atoms with Gasteiger partial charge in [-0.15, -0.1) is 46.2 Å². The summed E-state index contributed by atoms with van der Waals surface area (Å²) in [5, 5.41) is 50.3. The molecule has 12 aromatic carbocycles. The first-order valence-electron chi connectivity index (χ1n) is 42.4. The van der Waals surface area contributed by atoms with Gasteiger partial charge in [0.2, 0.25) is 11.8 Å². The van der Waals surface area contributed by atoms with Crippen LogP contribution in [0.15, 0.2) is 423 Å². The number of ether oxygens (including phenoxy) is 1. The van der Waals surface area contributed by atoms with Crippen molar-refractivity contribution in [2.24, 2.45) is 23.7 Å². The number of esters is 1. The number of amides is 2. The number of carboxylic acid groups (broad SMARTS) is 1. The largest absolute Gasteiger partial charge is 1.00 e. The van der Waals surface area contributed by atoms with Crippen molar-refractivity contribution < 1.29 is 89.2 Å². The molecule has 0 bridgehead atoms. The fraction of sp³-hybridized carbons (Fsp3) is 0.140. The number of β-lactam (4-membered cyclic amide) rings is 2. The zero-order valence-corrected chi connectivity index (χ0v) is 83.7. The van der Waals surface area contributed by atoms with E-state index in [0.29, 0.717) is 5.57 Å². The number of carbonyl (C=O) groups is 4. The van der Waals surface area contributed by atoms with E-state index in [1.807, 2.05) is 47.6 Å². The maximum Gasteiger partial charge on any atom is 1.00 e. The second kappa shape index (κ2) is 47.6. The summed E-state index contributed by atoms with van der Waals surface area (Å²) in [5.41, 5.74) is 1.60. The third-order valence-corrected chi connectivity index (χ3v) is 36.2. The molecule has 16 aromatic rings. The first-order valence-corrected chi connectivity index (χ1v) is 51.8. The number of thiazole rings is 2. The number of benzene rings is 12. The van der Waals surface area contributed by atoms with Gasteiger partial charge in [0.1, 0.15) is 44.7 Å². The smallest absolute Gasteiger partial charge is 0.543 e. The van der Waals surface area contributed by atoms with Crippen molar-refractivity contribution in [3.8, 4) is 0 Å².